The van der Waals surface area contributed by atoms with Crippen LogP contribution in [0, 0.1) is 0 Å². The normalized spacial score (nSPS) is 19.5. The maximum atomic E-state index is 13.1. The third kappa shape index (κ3) is 17.1. The quantitative estimate of drug-likeness (QED) is 0.0299. The van der Waals surface area contributed by atoms with Crippen LogP contribution in [0.4, 0.5) is 0 Å². The number of unbranched alkanes of at least 4 members (excludes halogenated alkanes) is 8. The highest BCUT2D eigenvalue weighted by atomic mass is 32.2. The van der Waals surface area contributed by atoms with Crippen molar-refractivity contribution in [3.8, 4) is 11.5 Å². The van der Waals surface area contributed by atoms with E-state index in [1.807, 2.05) is 13.8 Å². The van der Waals surface area contributed by atoms with E-state index in [0.29, 0.717) is 82.1 Å². The summed E-state index contributed by atoms with van der Waals surface area (Å²) in [5.41, 5.74) is -2.24. The van der Waals surface area contributed by atoms with Crippen LogP contribution in [0.1, 0.15) is 169 Å². The molecule has 18 heteroatoms. The molecule has 0 fully saturated rings. The molecule has 2 aromatic rings. The number of amides is 2. The standard InChI is InChI=1S/2C23H35N3O5S/c2*1-5-7-8-9-10-12-30-17-13-19(31-20(27)14-17)18(11-6-2)24-22(28)23(4)15-32-21(25-23)16(3)26-29/h2*13-14,18,29H,5-12,15H2,1-4H3,(H,24,28)/b26-16+;26-16-/t2*18-,23+/m11/s1. The molecule has 2 aromatic heterocycles. The zero-order chi connectivity index (χ0) is 47.1. The van der Waals surface area contributed by atoms with E-state index in [0.717, 1.165) is 38.5 Å². The van der Waals surface area contributed by atoms with Crippen molar-refractivity contribution in [3.63, 3.8) is 0 Å². The van der Waals surface area contributed by atoms with E-state index >= 15 is 0 Å². The number of aliphatic imine (C=N–C) groups is 2. The molecule has 2 amide bonds. The highest BCUT2D eigenvalue weighted by Crippen LogP contribution is 2.32. The molecule has 2 aliphatic rings. The minimum Gasteiger partial charge on any atom is -0.493 e. The number of hydrogen-bond donors (Lipinski definition) is 4. The van der Waals surface area contributed by atoms with E-state index in [1.54, 1.807) is 39.8 Å². The van der Waals surface area contributed by atoms with Crippen molar-refractivity contribution in [2.45, 2.75) is 168 Å². The van der Waals surface area contributed by atoms with Gasteiger partial charge in [-0.25, -0.2) is 9.59 Å². The summed E-state index contributed by atoms with van der Waals surface area (Å²) in [6, 6.07) is 5.11. The van der Waals surface area contributed by atoms with Crippen LogP contribution in [0.2, 0.25) is 0 Å². The van der Waals surface area contributed by atoms with Gasteiger partial charge in [-0.3, -0.25) is 19.6 Å². The molecule has 16 nitrogen and oxygen atoms in total. The smallest absolute Gasteiger partial charge is 0.339 e. The van der Waals surface area contributed by atoms with E-state index < -0.39 is 34.4 Å². The summed E-state index contributed by atoms with van der Waals surface area (Å²) in [5.74, 6) is 2.00. The summed E-state index contributed by atoms with van der Waals surface area (Å²) < 4.78 is 22.4. The maximum absolute atomic E-state index is 13.1. The van der Waals surface area contributed by atoms with Gasteiger partial charge in [0.2, 0.25) is 11.8 Å². The Labute approximate surface area is 386 Å². The van der Waals surface area contributed by atoms with Crippen molar-refractivity contribution in [2.24, 2.45) is 20.3 Å². The Morgan fingerprint density at radius 2 is 1.03 bits per heavy atom. The largest absolute Gasteiger partial charge is 0.493 e. The van der Waals surface area contributed by atoms with E-state index in [-0.39, 0.29) is 11.8 Å². The molecule has 4 rings (SSSR count). The maximum Gasteiger partial charge on any atom is 0.339 e. The van der Waals surface area contributed by atoms with Gasteiger partial charge in [0, 0.05) is 23.6 Å². The zero-order valence-corrected chi connectivity index (χ0v) is 40.6. The van der Waals surface area contributed by atoms with Gasteiger partial charge in [0.1, 0.15) is 55.6 Å². The van der Waals surface area contributed by atoms with E-state index in [2.05, 4.69) is 44.8 Å². The zero-order valence-electron chi connectivity index (χ0n) is 39.0. The topological polar surface area (TPSA) is 227 Å². The second-order valence-corrected chi connectivity index (χ2v) is 18.4. The Morgan fingerprint density at radius 3 is 1.38 bits per heavy atom. The number of carbonyl (C=O) groups is 2. The van der Waals surface area contributed by atoms with Gasteiger partial charge in [0.15, 0.2) is 0 Å². The first-order chi connectivity index (χ1) is 30.6. The van der Waals surface area contributed by atoms with Gasteiger partial charge in [0.25, 0.3) is 0 Å². The summed E-state index contributed by atoms with van der Waals surface area (Å²) in [4.78, 5) is 59.3. The fraction of sp³-hybridized carbons (Fsp3) is 0.652. The minimum atomic E-state index is -0.995. The molecule has 4 atom stereocenters. The Kier molecular flexibility index (Phi) is 23.2. The van der Waals surface area contributed by atoms with Crippen LogP contribution >= 0.6 is 23.5 Å². The molecule has 4 N–H and O–H groups in total. The Morgan fingerprint density at radius 1 is 0.656 bits per heavy atom. The first-order valence-corrected chi connectivity index (χ1v) is 24.6. The van der Waals surface area contributed by atoms with Crippen LogP contribution in [0.5, 0.6) is 11.5 Å². The first kappa shape index (κ1) is 53.8. The highest BCUT2D eigenvalue weighted by molar-refractivity contribution is 8.16. The van der Waals surface area contributed by atoms with E-state index in [1.165, 1.54) is 74.2 Å². The number of oxime groups is 2. The summed E-state index contributed by atoms with van der Waals surface area (Å²) in [7, 11) is 0. The summed E-state index contributed by atoms with van der Waals surface area (Å²) in [6.45, 7) is 16.2. The van der Waals surface area contributed by atoms with Crippen molar-refractivity contribution in [2.75, 3.05) is 24.7 Å². The van der Waals surface area contributed by atoms with Gasteiger partial charge in [-0.15, -0.1) is 23.5 Å². The van der Waals surface area contributed by atoms with Crippen molar-refractivity contribution >= 4 is 56.8 Å². The number of nitrogens with zero attached hydrogens (tertiary/aromatic N) is 4. The number of hydrogen-bond acceptors (Lipinski definition) is 16. The first-order valence-electron chi connectivity index (χ1n) is 22.7. The third-order valence-corrected chi connectivity index (χ3v) is 13.3. The lowest BCUT2D eigenvalue weighted by atomic mass is 10.0. The van der Waals surface area contributed by atoms with Gasteiger partial charge in [-0.05, 0) is 53.4 Å². The molecule has 356 valence electrons. The van der Waals surface area contributed by atoms with Crippen molar-refractivity contribution in [3.05, 3.63) is 56.6 Å². The van der Waals surface area contributed by atoms with Crippen LogP contribution in [0.25, 0.3) is 0 Å². The van der Waals surface area contributed by atoms with Gasteiger partial charge < -0.3 is 39.4 Å². The molecule has 2 aliphatic heterocycles. The molecule has 0 aliphatic carbocycles. The lowest BCUT2D eigenvalue weighted by Gasteiger charge is -2.24. The summed E-state index contributed by atoms with van der Waals surface area (Å²) in [5, 5.41) is 31.3. The highest BCUT2D eigenvalue weighted by Gasteiger charge is 2.41. The predicted molar refractivity (Wildman–Crippen MR) is 256 cm³/mol. The summed E-state index contributed by atoms with van der Waals surface area (Å²) in [6.07, 6.45) is 14.0. The minimum absolute atomic E-state index is 0.269. The van der Waals surface area contributed by atoms with E-state index in [4.69, 9.17) is 28.7 Å². The second-order valence-electron chi connectivity index (χ2n) is 16.5. The van der Waals surface area contributed by atoms with Crippen molar-refractivity contribution in [1.82, 2.24) is 10.6 Å². The Balaban J connectivity index is 0.000000340. The lowest BCUT2D eigenvalue weighted by Crippen LogP contribution is -2.45. The molecule has 0 saturated carbocycles. The Hall–Kier alpha value is -4.58. The molecule has 4 heterocycles. The van der Waals surface area contributed by atoms with E-state index in [9.17, 15) is 19.2 Å². The molecule has 0 radical (unpaired) electrons. The van der Waals surface area contributed by atoms with Crippen LogP contribution < -0.4 is 31.4 Å². The molecule has 0 aromatic carbocycles. The molecular weight excluding hydrogens is 861 g/mol. The molecule has 0 bridgehead atoms. The van der Waals surface area contributed by atoms with Gasteiger partial charge in [0.05, 0.1) is 37.4 Å². The fourth-order valence-electron chi connectivity index (χ4n) is 6.71. The third-order valence-electron chi connectivity index (χ3n) is 10.6. The average molecular weight is 931 g/mol. The molecular formula is C46H70N6O10S2. The molecule has 64 heavy (non-hydrogen) atoms. The van der Waals surface area contributed by atoms with Gasteiger partial charge in [-0.1, -0.05) is 102 Å². The van der Waals surface area contributed by atoms with Crippen molar-refractivity contribution in [1.29, 1.82) is 0 Å². The van der Waals surface area contributed by atoms with Crippen LogP contribution in [0.15, 0.2) is 63.0 Å². The second kappa shape index (κ2) is 27.7. The monoisotopic (exact) mass is 930 g/mol. The summed E-state index contributed by atoms with van der Waals surface area (Å²) >= 11 is 2.74. The molecule has 0 saturated heterocycles. The predicted octanol–water partition coefficient (Wildman–Crippen LogP) is 9.40. The SMILES string of the molecule is CCCCCCCOc1cc([C@@H](CCC)NC(=O)[C@]2(C)CSC(/C(C)=N/O)=N2)oc(=O)c1.CCCCCCCOc1cc([C@@H](CCC)NC(=O)[C@]2(C)CSC(/C(C)=N\O)=N2)oc(=O)c1. The molecule has 0 spiro atoms. The average Bonchev–Trinajstić information content (AvgIpc) is 3.89. The fourth-order valence-corrected chi connectivity index (χ4v) is 8.97. The van der Waals surface area contributed by atoms with Crippen LogP contribution in [0.3, 0.4) is 0 Å². The number of carbonyl (C=O) groups excluding carboxylic acids is 2. The lowest BCUT2D eigenvalue weighted by molar-refractivity contribution is -0.126. The van der Waals surface area contributed by atoms with Gasteiger partial charge in [-0.2, -0.15) is 0 Å². The number of rotatable bonds is 26. The number of thioether (sulfide) groups is 2. The number of nitrogens with one attached hydrogen (secondary N) is 2. The number of ether oxygens (including phenoxy) is 2. The molecule has 0 unspecified atom stereocenters. The van der Waals surface area contributed by atoms with Crippen LogP contribution in [-0.4, -0.2) is 79.5 Å². The van der Waals surface area contributed by atoms with Gasteiger partial charge >= 0.3 is 11.3 Å². The van der Waals surface area contributed by atoms with Crippen molar-refractivity contribution < 1.29 is 38.3 Å². The van der Waals surface area contributed by atoms with Crippen LogP contribution in [-0.2, 0) is 9.59 Å². The Bertz CT molecular complexity index is 1910.